The molecule has 116 valence electrons. The second-order valence-corrected chi connectivity index (χ2v) is 5.45. The average Bonchev–Trinajstić information content (AvgIpc) is 2.65. The molecule has 3 aromatic heterocycles. The van der Waals surface area contributed by atoms with Crippen molar-refractivity contribution >= 4 is 22.5 Å². The van der Waals surface area contributed by atoms with Crippen molar-refractivity contribution in [1.82, 2.24) is 19.9 Å². The normalized spacial score (nSPS) is 10.7. The Morgan fingerprint density at radius 1 is 0.750 bits per heavy atom. The molecule has 0 amide bonds. The topological polar surface area (TPSA) is 63.6 Å². The summed E-state index contributed by atoms with van der Waals surface area (Å²) < 4.78 is 0. The summed E-state index contributed by atoms with van der Waals surface area (Å²) in [5.74, 6) is 0.759. The Morgan fingerprint density at radius 3 is 2.38 bits per heavy atom. The van der Waals surface area contributed by atoms with Crippen LogP contribution in [-0.2, 0) is 6.42 Å². The van der Waals surface area contributed by atoms with Crippen molar-refractivity contribution in [2.24, 2.45) is 0 Å². The van der Waals surface area contributed by atoms with Crippen LogP contribution in [0.3, 0.4) is 0 Å². The van der Waals surface area contributed by atoms with Crippen molar-refractivity contribution in [2.75, 3.05) is 5.32 Å². The number of benzene rings is 1. The molecule has 0 aliphatic rings. The van der Waals surface area contributed by atoms with Gasteiger partial charge in [-0.3, -0.25) is 4.98 Å². The first-order valence-electron chi connectivity index (χ1n) is 7.69. The number of pyridine rings is 2. The number of fused-ring (bicyclic) bond motifs is 1. The lowest BCUT2D eigenvalue weighted by Gasteiger charge is -2.09. The molecule has 1 aromatic carbocycles. The number of aromatic nitrogens is 4. The molecule has 1 N–H and O–H groups in total. The highest BCUT2D eigenvalue weighted by Crippen LogP contribution is 2.22. The van der Waals surface area contributed by atoms with E-state index >= 15 is 0 Å². The number of anilines is 2. The molecule has 0 aliphatic heterocycles. The molecular weight excluding hydrogens is 298 g/mol. The van der Waals surface area contributed by atoms with Crippen LogP contribution in [0.25, 0.3) is 11.0 Å². The third-order valence-corrected chi connectivity index (χ3v) is 3.78. The van der Waals surface area contributed by atoms with Crippen molar-refractivity contribution in [3.63, 3.8) is 0 Å². The Bertz CT molecular complexity index is 947. The minimum absolute atomic E-state index is 0.685. The summed E-state index contributed by atoms with van der Waals surface area (Å²) in [7, 11) is 0. The molecule has 4 rings (SSSR count). The molecule has 0 aliphatic carbocycles. The first-order valence-corrected chi connectivity index (χ1v) is 7.69. The van der Waals surface area contributed by atoms with Crippen LogP contribution in [0.5, 0.6) is 0 Å². The van der Waals surface area contributed by atoms with Gasteiger partial charge in [0.05, 0.1) is 5.39 Å². The van der Waals surface area contributed by atoms with Gasteiger partial charge in [0.2, 0.25) is 0 Å². The standard InChI is InChI=1S/C19H15N5/c1-2-17-18(21-9-1)22-13-23-19(17)24-16-5-3-14(4-6-16)12-15-7-10-20-11-8-15/h1-11,13H,12H2,(H,21,22,23,24). The molecule has 0 radical (unpaired) electrons. The van der Waals surface area contributed by atoms with Crippen LogP contribution in [0, 0.1) is 0 Å². The average molecular weight is 313 g/mol. The summed E-state index contributed by atoms with van der Waals surface area (Å²) in [6, 6.07) is 16.3. The SMILES string of the molecule is c1cnc2ncnc(Nc3ccc(Cc4ccncc4)cc3)c2c1. The number of nitrogens with one attached hydrogen (secondary N) is 1. The Labute approximate surface area is 139 Å². The molecule has 0 spiro atoms. The highest BCUT2D eigenvalue weighted by molar-refractivity contribution is 5.87. The zero-order chi connectivity index (χ0) is 16.2. The quantitative estimate of drug-likeness (QED) is 0.621. The van der Waals surface area contributed by atoms with Crippen molar-refractivity contribution < 1.29 is 0 Å². The molecule has 0 saturated heterocycles. The summed E-state index contributed by atoms with van der Waals surface area (Å²) in [5.41, 5.74) is 4.17. The summed E-state index contributed by atoms with van der Waals surface area (Å²) in [6.07, 6.45) is 7.78. The molecule has 3 heterocycles. The number of nitrogens with zero attached hydrogens (tertiary/aromatic N) is 4. The van der Waals surface area contributed by atoms with Crippen LogP contribution < -0.4 is 5.32 Å². The summed E-state index contributed by atoms with van der Waals surface area (Å²) in [6.45, 7) is 0. The summed E-state index contributed by atoms with van der Waals surface area (Å²) in [4.78, 5) is 16.8. The fourth-order valence-electron chi connectivity index (χ4n) is 2.57. The monoisotopic (exact) mass is 313 g/mol. The second-order valence-electron chi connectivity index (χ2n) is 5.45. The summed E-state index contributed by atoms with van der Waals surface area (Å²) >= 11 is 0. The van der Waals surface area contributed by atoms with Gasteiger partial charge in [-0.15, -0.1) is 0 Å². The van der Waals surface area contributed by atoms with Crippen molar-refractivity contribution in [3.8, 4) is 0 Å². The van der Waals surface area contributed by atoms with E-state index in [0.717, 1.165) is 23.3 Å². The van der Waals surface area contributed by atoms with Gasteiger partial charge in [-0.25, -0.2) is 15.0 Å². The maximum atomic E-state index is 4.32. The molecule has 24 heavy (non-hydrogen) atoms. The minimum atomic E-state index is 0.685. The van der Waals surface area contributed by atoms with Crippen LogP contribution in [-0.4, -0.2) is 19.9 Å². The molecule has 0 bridgehead atoms. The molecule has 0 atom stereocenters. The van der Waals surface area contributed by atoms with E-state index in [1.165, 1.54) is 17.5 Å². The third kappa shape index (κ3) is 3.05. The van der Waals surface area contributed by atoms with Gasteiger partial charge in [0.25, 0.3) is 0 Å². The van der Waals surface area contributed by atoms with Crippen LogP contribution in [0.15, 0.2) is 73.4 Å². The molecule has 0 fully saturated rings. The Balaban J connectivity index is 1.55. The molecule has 4 aromatic rings. The van der Waals surface area contributed by atoms with E-state index in [9.17, 15) is 0 Å². The number of hydrogen-bond acceptors (Lipinski definition) is 5. The Morgan fingerprint density at radius 2 is 1.54 bits per heavy atom. The van der Waals surface area contributed by atoms with Crippen molar-refractivity contribution in [1.29, 1.82) is 0 Å². The first-order chi connectivity index (χ1) is 11.9. The molecular formula is C19H15N5. The Hall–Kier alpha value is -3.34. The van der Waals surface area contributed by atoms with Gasteiger partial charge in [-0.2, -0.15) is 0 Å². The second kappa shape index (κ2) is 6.42. The van der Waals surface area contributed by atoms with Crippen molar-refractivity contribution in [3.05, 3.63) is 84.6 Å². The van der Waals surface area contributed by atoms with E-state index < -0.39 is 0 Å². The lowest BCUT2D eigenvalue weighted by atomic mass is 10.1. The fourth-order valence-corrected chi connectivity index (χ4v) is 2.57. The van der Waals surface area contributed by atoms with Crippen LogP contribution in [0.2, 0.25) is 0 Å². The molecule has 0 saturated carbocycles. The van der Waals surface area contributed by atoms with Gasteiger partial charge in [0.1, 0.15) is 12.1 Å². The lowest BCUT2D eigenvalue weighted by Crippen LogP contribution is -1.97. The largest absolute Gasteiger partial charge is 0.340 e. The van der Waals surface area contributed by atoms with E-state index in [0.29, 0.717) is 5.65 Å². The highest BCUT2D eigenvalue weighted by Gasteiger charge is 2.04. The fraction of sp³-hybridized carbons (Fsp3) is 0.0526. The smallest absolute Gasteiger partial charge is 0.164 e. The van der Waals surface area contributed by atoms with Crippen LogP contribution in [0.4, 0.5) is 11.5 Å². The van der Waals surface area contributed by atoms with Gasteiger partial charge < -0.3 is 5.32 Å². The van der Waals surface area contributed by atoms with Crippen molar-refractivity contribution in [2.45, 2.75) is 6.42 Å². The van der Waals surface area contributed by atoms with Crippen LogP contribution in [0.1, 0.15) is 11.1 Å². The van der Waals surface area contributed by atoms with E-state index in [1.54, 1.807) is 6.20 Å². The highest BCUT2D eigenvalue weighted by atomic mass is 15.0. The maximum absolute atomic E-state index is 4.32. The minimum Gasteiger partial charge on any atom is -0.340 e. The van der Waals surface area contributed by atoms with E-state index in [2.05, 4.69) is 49.5 Å². The number of rotatable bonds is 4. The maximum Gasteiger partial charge on any atom is 0.164 e. The van der Waals surface area contributed by atoms with Gasteiger partial charge >= 0.3 is 0 Å². The predicted molar refractivity (Wildman–Crippen MR) is 94.1 cm³/mol. The zero-order valence-electron chi connectivity index (χ0n) is 12.9. The molecule has 5 heteroatoms. The lowest BCUT2D eigenvalue weighted by molar-refractivity contribution is 1.16. The first kappa shape index (κ1) is 14.3. The van der Waals surface area contributed by atoms with Gasteiger partial charge in [-0.1, -0.05) is 12.1 Å². The third-order valence-electron chi connectivity index (χ3n) is 3.78. The Kier molecular flexibility index (Phi) is 3.81. The molecule has 0 unspecified atom stereocenters. The molecule has 5 nitrogen and oxygen atoms in total. The van der Waals surface area contributed by atoms with Gasteiger partial charge in [0, 0.05) is 24.3 Å². The summed E-state index contributed by atoms with van der Waals surface area (Å²) in [5, 5.41) is 4.24. The zero-order valence-corrected chi connectivity index (χ0v) is 12.9. The van der Waals surface area contributed by atoms with Gasteiger partial charge in [0.15, 0.2) is 5.65 Å². The van der Waals surface area contributed by atoms with E-state index in [4.69, 9.17) is 0 Å². The van der Waals surface area contributed by atoms with E-state index in [1.807, 2.05) is 36.7 Å². The number of hydrogen-bond donors (Lipinski definition) is 1. The predicted octanol–water partition coefficient (Wildman–Crippen LogP) is 3.75. The van der Waals surface area contributed by atoms with E-state index in [-0.39, 0.29) is 0 Å². The van der Waals surface area contributed by atoms with Crippen LogP contribution >= 0.6 is 0 Å². The van der Waals surface area contributed by atoms with Gasteiger partial charge in [-0.05, 0) is 53.9 Å².